The van der Waals surface area contributed by atoms with Crippen molar-refractivity contribution in [3.8, 4) is 50.7 Å². The zero-order valence-corrected chi connectivity index (χ0v) is 41.6. The summed E-state index contributed by atoms with van der Waals surface area (Å²) in [5.74, 6) is 0.638. The molecule has 1 aliphatic rings. The lowest BCUT2D eigenvalue weighted by atomic mass is 9.82. The van der Waals surface area contributed by atoms with Crippen LogP contribution >= 0.6 is 11.3 Å². The molecule has 0 unspecified atom stereocenters. The zero-order chi connectivity index (χ0) is 49.1. The van der Waals surface area contributed by atoms with E-state index in [2.05, 4.69) is 266 Å². The van der Waals surface area contributed by atoms with E-state index >= 15 is 0 Å². The Bertz CT molecular complexity index is 4500. The normalized spacial score (nSPS) is 12.8. The summed E-state index contributed by atoms with van der Waals surface area (Å²) in [6.45, 7) is 4.74. The Kier molecular flexibility index (Phi) is 9.44. The largest absolute Gasteiger partial charge is 0.309 e. The fourth-order valence-corrected chi connectivity index (χ4v) is 13.5. The molecule has 11 aromatic carbocycles. The minimum absolute atomic E-state index is 0.159. The highest BCUT2D eigenvalue weighted by Crippen LogP contribution is 2.54. The molecule has 3 aromatic heterocycles. The smallest absolute Gasteiger partial charge is 0.235 e. The van der Waals surface area contributed by atoms with Crippen LogP contribution in [0.1, 0.15) is 25.0 Å². The molecule has 4 nitrogen and oxygen atoms in total. The molecule has 5 heteroatoms. The Balaban J connectivity index is 1.03. The molecule has 3 heterocycles. The van der Waals surface area contributed by atoms with Crippen LogP contribution < -0.4 is 4.90 Å². The fourth-order valence-electron chi connectivity index (χ4n) is 12.1. The highest BCUT2D eigenvalue weighted by atomic mass is 32.1. The number of nitrogens with zero attached hydrogens (tertiary/aromatic N) is 4. The minimum atomic E-state index is -0.159. The van der Waals surface area contributed by atoms with Crippen LogP contribution in [0, 0.1) is 0 Å². The summed E-state index contributed by atoms with van der Waals surface area (Å²) >= 11 is 1.89. The van der Waals surface area contributed by atoms with E-state index in [1.165, 1.54) is 80.5 Å². The van der Waals surface area contributed by atoms with Crippen molar-refractivity contribution in [2.75, 3.05) is 4.90 Å². The van der Waals surface area contributed by atoms with E-state index in [9.17, 15) is 0 Å². The van der Waals surface area contributed by atoms with Gasteiger partial charge in [0.1, 0.15) is 0 Å². The second-order valence-corrected chi connectivity index (χ2v) is 21.1. The van der Waals surface area contributed by atoms with Crippen LogP contribution in [0.15, 0.2) is 243 Å². The number of anilines is 3. The van der Waals surface area contributed by atoms with Crippen LogP contribution in [0.25, 0.3) is 114 Å². The Morgan fingerprint density at radius 3 is 1.64 bits per heavy atom. The Hall–Kier alpha value is -9.16. The molecule has 0 atom stereocenters. The predicted octanol–water partition coefficient (Wildman–Crippen LogP) is 19.0. The molecule has 0 fully saturated rings. The Labute approximate surface area is 432 Å². The molecular weight excluding hydrogens is 917 g/mol. The first-order chi connectivity index (χ1) is 36.5. The van der Waals surface area contributed by atoms with Gasteiger partial charge < -0.3 is 4.90 Å². The molecule has 0 amide bonds. The lowest BCUT2D eigenvalue weighted by Crippen LogP contribution is -2.16. The van der Waals surface area contributed by atoms with E-state index in [4.69, 9.17) is 9.97 Å². The molecular formula is C69H46N4S. The van der Waals surface area contributed by atoms with Gasteiger partial charge in [0.15, 0.2) is 0 Å². The maximum absolute atomic E-state index is 5.51. The molecule has 1 aliphatic carbocycles. The second kappa shape index (κ2) is 16.4. The van der Waals surface area contributed by atoms with E-state index in [1.54, 1.807) is 0 Å². The monoisotopic (exact) mass is 962 g/mol. The highest BCUT2D eigenvalue weighted by Gasteiger charge is 2.36. The summed E-state index contributed by atoms with van der Waals surface area (Å²) in [7, 11) is 0. The topological polar surface area (TPSA) is 34.0 Å². The lowest BCUT2D eigenvalue weighted by molar-refractivity contribution is 0.660. The van der Waals surface area contributed by atoms with Gasteiger partial charge in [0, 0.05) is 59.5 Å². The van der Waals surface area contributed by atoms with Gasteiger partial charge in [-0.05, 0) is 92.0 Å². The van der Waals surface area contributed by atoms with E-state index in [1.807, 2.05) is 11.3 Å². The summed E-state index contributed by atoms with van der Waals surface area (Å²) in [6.07, 6.45) is 0. The first kappa shape index (κ1) is 42.5. The van der Waals surface area contributed by atoms with E-state index in [0.29, 0.717) is 5.95 Å². The summed E-state index contributed by atoms with van der Waals surface area (Å²) in [6, 6.07) is 88.2. The molecule has 0 radical (unpaired) electrons. The molecule has 0 saturated carbocycles. The number of aromatic nitrogens is 3. The minimum Gasteiger partial charge on any atom is -0.309 e. The van der Waals surface area contributed by atoms with Crippen molar-refractivity contribution in [2.45, 2.75) is 19.3 Å². The highest BCUT2D eigenvalue weighted by molar-refractivity contribution is 7.27. The van der Waals surface area contributed by atoms with Crippen molar-refractivity contribution < 1.29 is 0 Å². The van der Waals surface area contributed by atoms with E-state index in [-0.39, 0.29) is 5.41 Å². The third-order valence-corrected chi connectivity index (χ3v) is 16.9. The summed E-state index contributed by atoms with van der Waals surface area (Å²) in [5.41, 5.74) is 16.9. The summed E-state index contributed by atoms with van der Waals surface area (Å²) in [5, 5.41) is 9.66. The number of hydrogen-bond donors (Lipinski definition) is 0. The van der Waals surface area contributed by atoms with Crippen LogP contribution in [-0.4, -0.2) is 14.5 Å². The number of hydrogen-bond acceptors (Lipinski definition) is 4. The van der Waals surface area contributed by atoms with Gasteiger partial charge in [0.2, 0.25) is 5.95 Å². The van der Waals surface area contributed by atoms with Crippen molar-refractivity contribution in [1.82, 2.24) is 14.5 Å². The average Bonchev–Trinajstić information content (AvgIpc) is 4.18. The molecule has 0 bridgehead atoms. The van der Waals surface area contributed by atoms with Crippen molar-refractivity contribution in [3.05, 3.63) is 254 Å². The van der Waals surface area contributed by atoms with E-state index in [0.717, 1.165) is 56.0 Å². The fraction of sp³-hybridized carbons (Fsp3) is 0.0435. The molecule has 0 saturated heterocycles. The van der Waals surface area contributed by atoms with Crippen LogP contribution in [0.2, 0.25) is 0 Å². The van der Waals surface area contributed by atoms with Crippen LogP contribution in [-0.2, 0) is 5.41 Å². The van der Waals surface area contributed by atoms with Crippen LogP contribution in [0.5, 0.6) is 0 Å². The van der Waals surface area contributed by atoms with Gasteiger partial charge in [0.25, 0.3) is 0 Å². The van der Waals surface area contributed by atoms with Gasteiger partial charge >= 0.3 is 0 Å². The van der Waals surface area contributed by atoms with Gasteiger partial charge in [-0.15, -0.1) is 11.3 Å². The van der Waals surface area contributed by atoms with Gasteiger partial charge in [-0.2, -0.15) is 0 Å². The van der Waals surface area contributed by atoms with Crippen LogP contribution in [0.4, 0.5) is 17.1 Å². The second-order valence-electron chi connectivity index (χ2n) is 20.1. The molecule has 0 aliphatic heterocycles. The molecule has 74 heavy (non-hydrogen) atoms. The number of thiophene rings is 1. The van der Waals surface area contributed by atoms with E-state index < -0.39 is 0 Å². The molecule has 14 aromatic rings. The maximum atomic E-state index is 5.51. The number of fused-ring (bicyclic) bond motifs is 15. The maximum Gasteiger partial charge on any atom is 0.235 e. The van der Waals surface area contributed by atoms with Gasteiger partial charge in [0.05, 0.1) is 32.8 Å². The van der Waals surface area contributed by atoms with Crippen LogP contribution in [0.3, 0.4) is 0 Å². The number of rotatable bonds is 7. The van der Waals surface area contributed by atoms with Crippen molar-refractivity contribution in [1.29, 1.82) is 0 Å². The molecule has 0 spiro atoms. The average molecular weight is 963 g/mol. The summed E-state index contributed by atoms with van der Waals surface area (Å²) < 4.78 is 4.82. The molecule has 0 N–H and O–H groups in total. The predicted molar refractivity (Wildman–Crippen MR) is 313 cm³/mol. The third kappa shape index (κ3) is 6.40. The Morgan fingerprint density at radius 1 is 0.392 bits per heavy atom. The first-order valence-corrected chi connectivity index (χ1v) is 26.2. The number of benzene rings is 11. The van der Waals surface area contributed by atoms with Crippen molar-refractivity contribution >= 4 is 91.9 Å². The van der Waals surface area contributed by atoms with Gasteiger partial charge in [-0.3, -0.25) is 4.57 Å². The molecule has 15 rings (SSSR count). The SMILES string of the molecule is CC1(C)c2ccccc2-c2ccc(N(c3ccc(-c4ccccc4)cc3)c3cccc4c3sc3c4ccc4c3c3c5ccccc5c5ccccc5c3n4-c3nc(-c4ccccc4)cc(-c4ccccc4)n3)cc21. The van der Waals surface area contributed by atoms with Gasteiger partial charge in [-0.1, -0.05) is 214 Å². The molecule has 348 valence electrons. The van der Waals surface area contributed by atoms with Gasteiger partial charge in [-0.25, -0.2) is 9.97 Å². The third-order valence-electron chi connectivity index (χ3n) is 15.6. The lowest BCUT2D eigenvalue weighted by Gasteiger charge is -2.28. The summed E-state index contributed by atoms with van der Waals surface area (Å²) in [4.78, 5) is 13.5. The van der Waals surface area contributed by atoms with Crippen molar-refractivity contribution in [3.63, 3.8) is 0 Å². The zero-order valence-electron chi connectivity index (χ0n) is 40.8. The standard InChI is InChI=1S/C69H46N4S/c1-69(2)57-31-17-16-27-51(57)52-38-37-48(41-58(52)69)72(47-35-33-44(34-36-47)43-19-6-3-7-20-43)62-32-18-30-55-56-39-40-61-64(67(56)74-66(55)62)63-53-28-14-12-25-49(53)50-26-13-15-29-54(50)65(63)73(61)68-70-59(45-21-8-4-9-22-45)42-60(71-68)46-23-10-5-11-24-46/h3-42H,1-2H3. The first-order valence-electron chi connectivity index (χ1n) is 25.4. The van der Waals surface area contributed by atoms with Crippen molar-refractivity contribution in [2.24, 2.45) is 0 Å². The quantitative estimate of drug-likeness (QED) is 0.149. The Morgan fingerprint density at radius 2 is 0.932 bits per heavy atom.